The minimum atomic E-state index is -4.68. The average Bonchev–Trinajstić information content (AvgIpc) is 3.29. The maximum atomic E-state index is 14.8. The molecule has 3 aromatic rings. The molecule has 0 bridgehead atoms. The summed E-state index contributed by atoms with van der Waals surface area (Å²) >= 11 is 0. The lowest BCUT2D eigenvalue weighted by Crippen LogP contribution is -2.42. The molecule has 2 N–H and O–H groups in total. The molecule has 35 heavy (non-hydrogen) atoms. The van der Waals surface area contributed by atoms with Crippen LogP contribution in [0.2, 0.25) is 0 Å². The minimum absolute atomic E-state index is 0.0000304. The number of esters is 1. The molecule has 1 heterocycles. The van der Waals surface area contributed by atoms with Crippen molar-refractivity contribution in [2.75, 3.05) is 6.79 Å². The number of hydrogen-bond donors (Lipinski definition) is 2. The molecular formula is C22H24F2N3O7P. The fourth-order valence-corrected chi connectivity index (χ4v) is 3.79. The molecule has 1 aromatic heterocycles. The van der Waals surface area contributed by atoms with E-state index < -0.39 is 44.4 Å². The van der Waals surface area contributed by atoms with E-state index in [9.17, 15) is 18.1 Å². The summed E-state index contributed by atoms with van der Waals surface area (Å²) in [4.78, 5) is 34.1. The van der Waals surface area contributed by atoms with Crippen LogP contribution in [0.25, 0.3) is 0 Å². The number of benzene rings is 2. The van der Waals surface area contributed by atoms with E-state index >= 15 is 0 Å². The van der Waals surface area contributed by atoms with Crippen LogP contribution >= 0.6 is 7.82 Å². The van der Waals surface area contributed by atoms with Crippen molar-refractivity contribution in [1.29, 1.82) is 0 Å². The summed E-state index contributed by atoms with van der Waals surface area (Å²) in [5.74, 6) is -2.75. The summed E-state index contributed by atoms with van der Waals surface area (Å²) in [5, 5.41) is 4.05. The molecule has 0 saturated carbocycles. The fraction of sp³-hybridized carbons (Fsp3) is 0.318. The molecular weight excluding hydrogens is 487 g/mol. The molecule has 0 aliphatic carbocycles. The van der Waals surface area contributed by atoms with E-state index in [1.165, 1.54) is 47.7 Å². The Kier molecular flexibility index (Phi) is 8.47. The maximum Gasteiger partial charge on any atom is 0.469 e. The summed E-state index contributed by atoms with van der Waals surface area (Å²) in [6.45, 7) is 2.55. The van der Waals surface area contributed by atoms with E-state index in [0.29, 0.717) is 5.56 Å². The number of phosphoric acid groups is 1. The topological polar surface area (TPSA) is 133 Å². The zero-order valence-corrected chi connectivity index (χ0v) is 19.8. The highest BCUT2D eigenvalue weighted by atomic mass is 31.2. The van der Waals surface area contributed by atoms with Crippen LogP contribution in [-0.4, -0.2) is 37.3 Å². The van der Waals surface area contributed by atoms with Crippen LogP contribution in [0.15, 0.2) is 55.1 Å². The van der Waals surface area contributed by atoms with E-state index in [0.717, 1.165) is 12.1 Å². The molecule has 1 unspecified atom stereocenters. The first-order valence-corrected chi connectivity index (χ1v) is 11.9. The van der Waals surface area contributed by atoms with Crippen LogP contribution < -0.4 is 0 Å². The van der Waals surface area contributed by atoms with Crippen molar-refractivity contribution >= 4 is 13.8 Å². The van der Waals surface area contributed by atoms with Gasteiger partial charge in [0.05, 0.1) is 18.7 Å². The molecule has 13 heteroatoms. The highest BCUT2D eigenvalue weighted by molar-refractivity contribution is 7.46. The number of carbonyl (C=O) groups is 1. The number of ether oxygens (including phenoxy) is 2. The van der Waals surface area contributed by atoms with Crippen molar-refractivity contribution in [3.63, 3.8) is 0 Å². The van der Waals surface area contributed by atoms with Crippen LogP contribution in [-0.2, 0) is 37.3 Å². The van der Waals surface area contributed by atoms with Crippen molar-refractivity contribution < 1.29 is 41.9 Å². The molecule has 10 nitrogen and oxygen atoms in total. The smallest absolute Gasteiger partial charge is 0.435 e. The highest BCUT2D eigenvalue weighted by Crippen LogP contribution is 2.38. The summed E-state index contributed by atoms with van der Waals surface area (Å²) in [6, 6.07) is 8.92. The lowest BCUT2D eigenvalue weighted by molar-refractivity contribution is -0.159. The fourth-order valence-electron chi connectivity index (χ4n) is 3.47. The molecule has 0 radical (unpaired) electrons. The third-order valence-electron chi connectivity index (χ3n) is 5.25. The van der Waals surface area contributed by atoms with Gasteiger partial charge in [0.1, 0.15) is 29.9 Å². The highest BCUT2D eigenvalue weighted by Gasteiger charge is 2.41. The standard InChI is InChI=1S/C22H24F2N3O7P/c1-15(2)22(11-27-13-25-12-26-27,19-7-6-18(23)9-20(19)24)33-14-32-21(28)17-5-3-4-16(8-17)10-34-35(29,30)31/h3-9,12-13,15H,10-11,14H2,1-2H3,(H2,29,30,31). The summed E-state index contributed by atoms with van der Waals surface area (Å²) in [7, 11) is -4.68. The molecule has 2 aromatic carbocycles. The third-order valence-corrected chi connectivity index (χ3v) is 5.72. The minimum Gasteiger partial charge on any atom is -0.435 e. The van der Waals surface area contributed by atoms with E-state index in [-0.39, 0.29) is 23.6 Å². The Balaban J connectivity index is 1.79. The predicted molar refractivity (Wildman–Crippen MR) is 118 cm³/mol. The molecule has 0 fully saturated rings. The number of halogens is 2. The number of rotatable bonds is 11. The van der Waals surface area contributed by atoms with E-state index in [1.54, 1.807) is 13.8 Å². The normalized spacial score (nSPS) is 13.6. The molecule has 1 atom stereocenters. The molecule has 0 spiro atoms. The molecule has 0 saturated heterocycles. The Morgan fingerprint density at radius 1 is 1.20 bits per heavy atom. The summed E-state index contributed by atoms with van der Waals surface area (Å²) in [6.07, 6.45) is 2.72. The van der Waals surface area contributed by atoms with Gasteiger partial charge in [0.2, 0.25) is 0 Å². The number of phosphoric ester groups is 1. The van der Waals surface area contributed by atoms with Gasteiger partial charge in [-0.15, -0.1) is 0 Å². The monoisotopic (exact) mass is 511 g/mol. The van der Waals surface area contributed by atoms with Gasteiger partial charge in [-0.2, -0.15) is 5.10 Å². The number of aromatic nitrogens is 3. The van der Waals surface area contributed by atoms with Crippen molar-refractivity contribution in [1.82, 2.24) is 14.8 Å². The van der Waals surface area contributed by atoms with Gasteiger partial charge in [-0.3, -0.25) is 4.52 Å². The number of hydrogen-bond acceptors (Lipinski definition) is 7. The lowest BCUT2D eigenvalue weighted by Gasteiger charge is -2.37. The first-order valence-electron chi connectivity index (χ1n) is 10.4. The molecule has 0 amide bonds. The second kappa shape index (κ2) is 11.1. The lowest BCUT2D eigenvalue weighted by atomic mass is 9.82. The van der Waals surface area contributed by atoms with Gasteiger partial charge in [-0.25, -0.2) is 27.8 Å². The van der Waals surface area contributed by atoms with E-state index in [2.05, 4.69) is 14.6 Å². The van der Waals surface area contributed by atoms with Gasteiger partial charge in [0, 0.05) is 11.6 Å². The largest absolute Gasteiger partial charge is 0.469 e. The second-order valence-electron chi connectivity index (χ2n) is 7.92. The SMILES string of the molecule is CC(C)C(Cn1cncn1)(OCOC(=O)c1cccc(COP(=O)(O)O)c1)c1ccc(F)cc1F. The van der Waals surface area contributed by atoms with Gasteiger partial charge < -0.3 is 19.3 Å². The van der Waals surface area contributed by atoms with Gasteiger partial charge in [0.25, 0.3) is 0 Å². The third kappa shape index (κ3) is 7.00. The zero-order chi connectivity index (χ0) is 25.6. The second-order valence-corrected chi connectivity index (χ2v) is 9.16. The quantitative estimate of drug-likeness (QED) is 0.225. The summed E-state index contributed by atoms with van der Waals surface area (Å²) < 4.78 is 56.4. The van der Waals surface area contributed by atoms with E-state index in [1.807, 2.05) is 0 Å². The van der Waals surface area contributed by atoms with Crippen molar-refractivity contribution in [3.05, 3.63) is 83.4 Å². The first kappa shape index (κ1) is 26.6. The molecule has 0 aliphatic rings. The van der Waals surface area contributed by atoms with Crippen LogP contribution in [0.3, 0.4) is 0 Å². The average molecular weight is 511 g/mol. The van der Waals surface area contributed by atoms with Crippen LogP contribution in [0.1, 0.15) is 35.3 Å². The summed E-state index contributed by atoms with van der Waals surface area (Å²) in [5.41, 5.74) is -0.929. The van der Waals surface area contributed by atoms with Crippen molar-refractivity contribution in [2.24, 2.45) is 5.92 Å². The van der Waals surface area contributed by atoms with Gasteiger partial charge in [0.15, 0.2) is 6.79 Å². The van der Waals surface area contributed by atoms with Crippen LogP contribution in [0, 0.1) is 17.6 Å². The number of carbonyl (C=O) groups excluding carboxylic acids is 1. The van der Waals surface area contributed by atoms with Gasteiger partial charge in [-0.05, 0) is 29.7 Å². The van der Waals surface area contributed by atoms with Crippen LogP contribution in [0.5, 0.6) is 0 Å². The maximum absolute atomic E-state index is 14.8. The Morgan fingerprint density at radius 3 is 2.60 bits per heavy atom. The van der Waals surface area contributed by atoms with Crippen molar-refractivity contribution in [2.45, 2.75) is 32.6 Å². The Morgan fingerprint density at radius 2 is 1.97 bits per heavy atom. The van der Waals surface area contributed by atoms with E-state index in [4.69, 9.17) is 19.3 Å². The Labute approximate surface area is 199 Å². The Hall–Kier alpha value is -3.02. The molecule has 3 rings (SSSR count). The van der Waals surface area contributed by atoms with Crippen LogP contribution in [0.4, 0.5) is 8.78 Å². The molecule has 188 valence electrons. The first-order chi connectivity index (χ1) is 16.5. The van der Waals surface area contributed by atoms with Crippen molar-refractivity contribution in [3.8, 4) is 0 Å². The molecule has 0 aliphatic heterocycles. The van der Waals surface area contributed by atoms with Gasteiger partial charge in [-0.1, -0.05) is 32.0 Å². The number of nitrogens with zero attached hydrogens (tertiary/aromatic N) is 3. The van der Waals surface area contributed by atoms with Gasteiger partial charge >= 0.3 is 13.8 Å². The predicted octanol–water partition coefficient (Wildman–Crippen LogP) is 3.55. The Bertz CT molecular complexity index is 1200. The zero-order valence-electron chi connectivity index (χ0n) is 18.9.